The number of rotatable bonds is 3. The average molecular weight is 383 g/mol. The molecule has 0 atom stereocenters. The van der Waals surface area contributed by atoms with Crippen LogP contribution < -0.4 is 11.1 Å². The number of alkyl carbamates (subject to hydrolysis) is 1. The number of hydrogen-bond acceptors (Lipinski definition) is 4. The van der Waals surface area contributed by atoms with E-state index < -0.39 is 6.09 Å². The normalized spacial score (nSPS) is 11.8. The maximum atomic E-state index is 12.1. The average Bonchev–Trinajstić information content (AvgIpc) is 3.06. The van der Waals surface area contributed by atoms with Gasteiger partial charge in [-0.05, 0) is 40.8 Å². The number of hydrogen-bond donors (Lipinski definition) is 2. The molecule has 3 aromatic rings. The molecule has 1 aromatic heterocycles. The van der Waals surface area contributed by atoms with E-state index >= 15 is 0 Å². The molecule has 29 heavy (non-hydrogen) atoms. The van der Waals surface area contributed by atoms with E-state index in [0.717, 1.165) is 11.1 Å². The van der Waals surface area contributed by atoms with Crippen LogP contribution in [0, 0.1) is 18.8 Å². The predicted molar refractivity (Wildman–Crippen MR) is 113 cm³/mol. The Labute approximate surface area is 169 Å². The molecule has 3 N–H and O–H groups in total. The zero-order chi connectivity index (χ0) is 20.2. The van der Waals surface area contributed by atoms with Gasteiger partial charge in [0.25, 0.3) is 0 Å². The summed E-state index contributed by atoms with van der Waals surface area (Å²) >= 11 is 0. The van der Waals surface area contributed by atoms with Crippen LogP contribution in [0.5, 0.6) is 0 Å². The highest BCUT2D eigenvalue weighted by molar-refractivity contribution is 5.79. The molecule has 5 nitrogen and oxygen atoms in total. The number of nitrogen functional groups attached to an aromatic ring is 1. The molecule has 0 spiro atoms. The first kappa shape index (κ1) is 18.6. The SMILES string of the molecule is Cc1cc(C#CCNC(=O)OCC2c3ccccc3-c3ccccc32)cnc1N. The minimum Gasteiger partial charge on any atom is -0.449 e. The van der Waals surface area contributed by atoms with Crippen molar-refractivity contribution < 1.29 is 9.53 Å². The third kappa shape index (κ3) is 3.92. The molecule has 1 heterocycles. The van der Waals surface area contributed by atoms with Crippen molar-refractivity contribution in [1.82, 2.24) is 10.3 Å². The topological polar surface area (TPSA) is 77.2 Å². The number of carbonyl (C=O) groups excluding carboxylic acids is 1. The lowest BCUT2D eigenvalue weighted by Gasteiger charge is -2.14. The molecule has 0 bridgehead atoms. The van der Waals surface area contributed by atoms with Crippen LogP contribution in [0.25, 0.3) is 11.1 Å². The van der Waals surface area contributed by atoms with Crippen molar-refractivity contribution in [2.45, 2.75) is 12.8 Å². The van der Waals surface area contributed by atoms with E-state index in [1.807, 2.05) is 37.3 Å². The largest absolute Gasteiger partial charge is 0.449 e. The molecule has 1 aliphatic rings. The Morgan fingerprint density at radius 1 is 1.14 bits per heavy atom. The molecule has 0 aliphatic heterocycles. The van der Waals surface area contributed by atoms with Gasteiger partial charge in [0.05, 0.1) is 6.54 Å². The number of aryl methyl sites for hydroxylation is 1. The van der Waals surface area contributed by atoms with Crippen LogP contribution in [0.2, 0.25) is 0 Å². The van der Waals surface area contributed by atoms with Gasteiger partial charge in [-0.15, -0.1) is 0 Å². The van der Waals surface area contributed by atoms with E-state index in [9.17, 15) is 4.79 Å². The van der Waals surface area contributed by atoms with Crippen LogP contribution in [0.15, 0.2) is 60.8 Å². The first-order valence-electron chi connectivity index (χ1n) is 9.43. The van der Waals surface area contributed by atoms with Gasteiger partial charge < -0.3 is 15.8 Å². The van der Waals surface area contributed by atoms with Gasteiger partial charge in [0.1, 0.15) is 12.4 Å². The fraction of sp³-hybridized carbons (Fsp3) is 0.167. The third-order valence-corrected chi connectivity index (χ3v) is 5.02. The Bertz CT molecular complexity index is 1080. The van der Waals surface area contributed by atoms with Gasteiger partial charge in [-0.1, -0.05) is 60.4 Å². The Kier molecular flexibility index (Phi) is 5.17. The Morgan fingerprint density at radius 2 is 1.79 bits per heavy atom. The highest BCUT2D eigenvalue weighted by atomic mass is 16.5. The molecule has 0 saturated heterocycles. The lowest BCUT2D eigenvalue weighted by Crippen LogP contribution is -2.26. The molecule has 2 aromatic carbocycles. The van der Waals surface area contributed by atoms with E-state index in [2.05, 4.69) is 46.4 Å². The number of aromatic nitrogens is 1. The monoisotopic (exact) mass is 383 g/mol. The second kappa shape index (κ2) is 8.07. The minimum atomic E-state index is -0.479. The van der Waals surface area contributed by atoms with Crippen molar-refractivity contribution in [3.8, 4) is 23.0 Å². The van der Waals surface area contributed by atoms with Crippen LogP contribution in [-0.2, 0) is 4.74 Å². The van der Waals surface area contributed by atoms with E-state index in [-0.39, 0.29) is 19.1 Å². The standard InChI is InChI=1S/C24H21N3O2/c1-16-13-17(14-27-23(16)25)7-6-12-26-24(28)29-15-22-20-10-4-2-8-18(20)19-9-3-5-11-21(19)22/h2-5,8-11,13-14,22H,12,15H2,1H3,(H2,25,27)(H,26,28). The summed E-state index contributed by atoms with van der Waals surface area (Å²) in [5.41, 5.74) is 12.1. The number of anilines is 1. The van der Waals surface area contributed by atoms with Gasteiger partial charge in [0.15, 0.2) is 0 Å². The number of carbonyl (C=O) groups is 1. The molecule has 0 saturated carbocycles. The number of pyridine rings is 1. The second-order valence-electron chi connectivity index (χ2n) is 6.91. The summed E-state index contributed by atoms with van der Waals surface area (Å²) in [6.07, 6.45) is 1.13. The third-order valence-electron chi connectivity index (χ3n) is 5.02. The van der Waals surface area contributed by atoms with Crippen LogP contribution in [-0.4, -0.2) is 24.2 Å². The van der Waals surface area contributed by atoms with Gasteiger partial charge in [0.2, 0.25) is 0 Å². The molecule has 144 valence electrons. The zero-order valence-electron chi connectivity index (χ0n) is 16.1. The van der Waals surface area contributed by atoms with Crippen molar-refractivity contribution in [1.29, 1.82) is 0 Å². The highest BCUT2D eigenvalue weighted by Gasteiger charge is 2.28. The predicted octanol–water partition coefficient (Wildman–Crippen LogP) is 3.86. The van der Waals surface area contributed by atoms with Crippen molar-refractivity contribution in [2.24, 2.45) is 0 Å². The van der Waals surface area contributed by atoms with E-state index in [4.69, 9.17) is 10.5 Å². The zero-order valence-corrected chi connectivity index (χ0v) is 16.1. The Balaban J connectivity index is 1.35. The van der Waals surface area contributed by atoms with Gasteiger partial charge in [0, 0.05) is 17.7 Å². The Morgan fingerprint density at radius 3 is 2.45 bits per heavy atom. The smallest absolute Gasteiger partial charge is 0.407 e. The highest BCUT2D eigenvalue weighted by Crippen LogP contribution is 2.44. The number of fused-ring (bicyclic) bond motifs is 3. The minimum absolute atomic E-state index is 0.0445. The van der Waals surface area contributed by atoms with Crippen LogP contribution in [0.1, 0.15) is 28.2 Å². The lowest BCUT2D eigenvalue weighted by molar-refractivity contribution is 0.144. The molecule has 1 amide bonds. The van der Waals surface area contributed by atoms with Crippen LogP contribution in [0.4, 0.5) is 10.6 Å². The molecule has 0 radical (unpaired) electrons. The van der Waals surface area contributed by atoms with E-state index in [1.165, 1.54) is 22.3 Å². The fourth-order valence-electron chi connectivity index (χ4n) is 3.57. The van der Waals surface area contributed by atoms with E-state index in [0.29, 0.717) is 5.82 Å². The van der Waals surface area contributed by atoms with Gasteiger partial charge in [-0.25, -0.2) is 9.78 Å². The van der Waals surface area contributed by atoms with Gasteiger partial charge >= 0.3 is 6.09 Å². The summed E-state index contributed by atoms with van der Waals surface area (Å²) in [5, 5.41) is 2.67. The fourth-order valence-corrected chi connectivity index (χ4v) is 3.57. The first-order valence-corrected chi connectivity index (χ1v) is 9.43. The lowest BCUT2D eigenvalue weighted by atomic mass is 9.98. The summed E-state index contributed by atoms with van der Waals surface area (Å²) in [6.45, 7) is 2.36. The van der Waals surface area contributed by atoms with Crippen LogP contribution >= 0.6 is 0 Å². The summed E-state index contributed by atoms with van der Waals surface area (Å²) in [4.78, 5) is 16.2. The number of nitrogens with one attached hydrogen (secondary N) is 1. The maximum Gasteiger partial charge on any atom is 0.407 e. The first-order chi connectivity index (χ1) is 14.1. The summed E-state index contributed by atoms with van der Waals surface area (Å²) in [6, 6.07) is 18.4. The maximum absolute atomic E-state index is 12.1. The van der Waals surface area contributed by atoms with Crippen LogP contribution in [0.3, 0.4) is 0 Å². The van der Waals surface area contributed by atoms with E-state index in [1.54, 1.807) is 6.20 Å². The number of amides is 1. The molecule has 5 heteroatoms. The van der Waals surface area contributed by atoms with Gasteiger partial charge in [-0.2, -0.15) is 0 Å². The van der Waals surface area contributed by atoms with Gasteiger partial charge in [-0.3, -0.25) is 0 Å². The summed E-state index contributed by atoms with van der Waals surface area (Å²) < 4.78 is 5.48. The summed E-state index contributed by atoms with van der Waals surface area (Å²) in [7, 11) is 0. The van der Waals surface area contributed by atoms with Crippen molar-refractivity contribution in [3.63, 3.8) is 0 Å². The van der Waals surface area contributed by atoms with Crippen molar-refractivity contribution >= 4 is 11.9 Å². The quantitative estimate of drug-likeness (QED) is 0.673. The molecule has 0 unspecified atom stereocenters. The number of nitrogens with two attached hydrogens (primary N) is 1. The summed E-state index contributed by atoms with van der Waals surface area (Å²) in [5.74, 6) is 6.39. The second-order valence-corrected chi connectivity index (χ2v) is 6.91. The van der Waals surface area contributed by atoms with Crippen molar-refractivity contribution in [2.75, 3.05) is 18.9 Å². The molecule has 1 aliphatic carbocycles. The number of benzene rings is 2. The molecule has 4 rings (SSSR count). The number of ether oxygens (including phenoxy) is 1. The number of nitrogens with zero attached hydrogens (tertiary/aromatic N) is 1. The molecular formula is C24H21N3O2. The van der Waals surface area contributed by atoms with Crippen molar-refractivity contribution in [3.05, 3.63) is 83.0 Å². The molecule has 0 fully saturated rings. The Hall–Kier alpha value is -3.78. The molecular weight excluding hydrogens is 362 g/mol.